The molecule has 0 radical (unpaired) electrons. The van der Waals surface area contributed by atoms with Crippen molar-refractivity contribution in [2.75, 3.05) is 20.0 Å². The molecule has 1 amide bonds. The van der Waals surface area contributed by atoms with Gasteiger partial charge in [0.1, 0.15) is 16.9 Å². The fourth-order valence-electron chi connectivity index (χ4n) is 2.77. The second kappa shape index (κ2) is 7.49. The molecule has 1 aliphatic heterocycles. The van der Waals surface area contributed by atoms with Crippen LogP contribution in [0.2, 0.25) is 0 Å². The summed E-state index contributed by atoms with van der Waals surface area (Å²) >= 11 is 1.38. The van der Waals surface area contributed by atoms with E-state index in [2.05, 4.69) is 0 Å². The van der Waals surface area contributed by atoms with Crippen molar-refractivity contribution in [2.24, 2.45) is 0 Å². The Kier molecular flexibility index (Phi) is 5.31. The molecule has 1 saturated heterocycles. The summed E-state index contributed by atoms with van der Waals surface area (Å²) in [5, 5.41) is -0.373. The highest BCUT2D eigenvalue weighted by Gasteiger charge is 2.33. The van der Waals surface area contributed by atoms with Crippen LogP contribution in [0.4, 0.5) is 13.2 Å². The van der Waals surface area contributed by atoms with Crippen LogP contribution >= 0.6 is 11.8 Å². The number of rotatable bonds is 5. The third kappa shape index (κ3) is 3.60. The van der Waals surface area contributed by atoms with Crippen LogP contribution in [-0.2, 0) is 11.3 Å². The predicted molar refractivity (Wildman–Crippen MR) is 91.6 cm³/mol. The van der Waals surface area contributed by atoms with Crippen LogP contribution in [0.5, 0.6) is 11.5 Å². The molecule has 26 heavy (non-hydrogen) atoms. The van der Waals surface area contributed by atoms with Gasteiger partial charge in [0.2, 0.25) is 5.91 Å². The number of hydrogen-bond acceptors (Lipinski definition) is 4. The summed E-state index contributed by atoms with van der Waals surface area (Å²) in [5.41, 5.74) is 0.942. The summed E-state index contributed by atoms with van der Waals surface area (Å²) < 4.78 is 50.6. The molecule has 1 aliphatic rings. The van der Waals surface area contributed by atoms with E-state index in [0.29, 0.717) is 11.5 Å². The molecule has 0 aliphatic carbocycles. The van der Waals surface area contributed by atoms with Crippen molar-refractivity contribution in [1.29, 1.82) is 0 Å². The van der Waals surface area contributed by atoms with Gasteiger partial charge in [-0.05, 0) is 35.4 Å². The number of methoxy groups -OCH3 is 2. The first-order valence-corrected chi connectivity index (χ1v) is 8.75. The molecule has 0 saturated carbocycles. The van der Waals surface area contributed by atoms with Gasteiger partial charge in [-0.1, -0.05) is 0 Å². The molecule has 0 aromatic heterocycles. The molecule has 0 N–H and O–H groups in total. The Morgan fingerprint density at radius 1 is 1.04 bits per heavy atom. The van der Waals surface area contributed by atoms with Gasteiger partial charge in [0.25, 0.3) is 0 Å². The van der Waals surface area contributed by atoms with Crippen molar-refractivity contribution in [1.82, 2.24) is 4.90 Å². The van der Waals surface area contributed by atoms with Gasteiger partial charge in [0.15, 0.2) is 17.5 Å². The Hall–Kier alpha value is -2.35. The highest BCUT2D eigenvalue weighted by Crippen LogP contribution is 2.42. The zero-order valence-electron chi connectivity index (χ0n) is 14.1. The number of carbonyl (C=O) groups excluding carboxylic acids is 1. The maximum atomic E-state index is 13.5. The van der Waals surface area contributed by atoms with Crippen LogP contribution < -0.4 is 9.47 Å². The maximum absolute atomic E-state index is 13.5. The first-order chi connectivity index (χ1) is 12.4. The summed E-state index contributed by atoms with van der Waals surface area (Å²) in [7, 11) is 3.04. The Labute approximate surface area is 152 Å². The number of benzene rings is 2. The van der Waals surface area contributed by atoms with Crippen molar-refractivity contribution < 1.29 is 27.4 Å². The van der Waals surface area contributed by atoms with Crippen molar-refractivity contribution in [3.8, 4) is 11.5 Å². The van der Waals surface area contributed by atoms with Crippen LogP contribution in [-0.4, -0.2) is 30.8 Å². The van der Waals surface area contributed by atoms with E-state index in [9.17, 15) is 18.0 Å². The average Bonchev–Trinajstić information content (AvgIpc) is 2.99. The second-order valence-corrected chi connectivity index (χ2v) is 6.77. The lowest BCUT2D eigenvalue weighted by Gasteiger charge is -2.25. The Morgan fingerprint density at radius 3 is 2.15 bits per heavy atom. The highest BCUT2D eigenvalue weighted by atomic mass is 32.2. The molecular formula is C18H16F3NO3S. The number of thioether (sulfide) groups is 1. The SMILES string of the molecule is COc1cc(OC)cc(C2SCC(=O)N2Cc2cc(F)c(F)c(F)c2)c1. The van der Waals surface area contributed by atoms with Gasteiger partial charge >= 0.3 is 0 Å². The van der Waals surface area contributed by atoms with E-state index in [-0.39, 0.29) is 29.1 Å². The van der Waals surface area contributed by atoms with Crippen molar-refractivity contribution in [2.45, 2.75) is 11.9 Å². The van der Waals surface area contributed by atoms with Crippen LogP contribution in [0.3, 0.4) is 0 Å². The van der Waals surface area contributed by atoms with Crippen LogP contribution in [0.15, 0.2) is 30.3 Å². The van der Waals surface area contributed by atoms with Gasteiger partial charge in [-0.3, -0.25) is 4.79 Å². The van der Waals surface area contributed by atoms with E-state index in [1.807, 2.05) is 0 Å². The lowest BCUT2D eigenvalue weighted by molar-refractivity contribution is -0.128. The fraction of sp³-hybridized carbons (Fsp3) is 0.278. The van der Waals surface area contributed by atoms with Gasteiger partial charge in [-0.2, -0.15) is 0 Å². The summed E-state index contributed by atoms with van der Waals surface area (Å²) in [6.45, 7) is -0.0376. The van der Waals surface area contributed by atoms with E-state index in [1.165, 1.54) is 30.9 Å². The lowest BCUT2D eigenvalue weighted by atomic mass is 10.1. The molecule has 8 heteroatoms. The number of hydrogen-bond donors (Lipinski definition) is 0. The van der Waals surface area contributed by atoms with Gasteiger partial charge in [-0.15, -0.1) is 11.8 Å². The topological polar surface area (TPSA) is 38.8 Å². The minimum Gasteiger partial charge on any atom is -0.497 e. The van der Waals surface area contributed by atoms with Gasteiger partial charge in [0, 0.05) is 12.6 Å². The van der Waals surface area contributed by atoms with Gasteiger partial charge < -0.3 is 14.4 Å². The van der Waals surface area contributed by atoms with E-state index in [0.717, 1.165) is 17.7 Å². The van der Waals surface area contributed by atoms with Crippen LogP contribution in [0, 0.1) is 17.5 Å². The normalized spacial score (nSPS) is 16.9. The predicted octanol–water partition coefficient (Wildman–Crippen LogP) is 3.90. The number of carbonyl (C=O) groups is 1. The van der Waals surface area contributed by atoms with Crippen LogP contribution in [0.1, 0.15) is 16.5 Å². The molecule has 2 aromatic carbocycles. The number of halogens is 3. The minimum absolute atomic E-state index is 0.0376. The molecule has 1 heterocycles. The third-order valence-electron chi connectivity index (χ3n) is 4.02. The minimum atomic E-state index is -1.52. The summed E-state index contributed by atoms with van der Waals surface area (Å²) in [6.07, 6.45) is 0. The summed E-state index contributed by atoms with van der Waals surface area (Å²) in [5.74, 6) is -2.89. The summed E-state index contributed by atoms with van der Waals surface area (Å²) in [6, 6.07) is 7.06. The van der Waals surface area contributed by atoms with Crippen molar-refractivity contribution in [3.05, 3.63) is 58.9 Å². The molecule has 4 nitrogen and oxygen atoms in total. The molecule has 0 bridgehead atoms. The Morgan fingerprint density at radius 2 is 1.62 bits per heavy atom. The molecule has 138 valence electrons. The monoisotopic (exact) mass is 383 g/mol. The molecule has 2 aromatic rings. The first-order valence-electron chi connectivity index (χ1n) is 7.70. The molecule has 1 unspecified atom stereocenters. The Bertz CT molecular complexity index is 801. The molecule has 1 fully saturated rings. The van der Waals surface area contributed by atoms with Crippen LogP contribution in [0.25, 0.3) is 0 Å². The maximum Gasteiger partial charge on any atom is 0.234 e. The lowest BCUT2D eigenvalue weighted by Crippen LogP contribution is -2.28. The number of amides is 1. The number of nitrogens with zero attached hydrogens (tertiary/aromatic N) is 1. The van der Waals surface area contributed by atoms with Crippen molar-refractivity contribution >= 4 is 17.7 Å². The van der Waals surface area contributed by atoms with Gasteiger partial charge in [0.05, 0.1) is 20.0 Å². The summed E-state index contributed by atoms with van der Waals surface area (Å²) in [4.78, 5) is 13.8. The quantitative estimate of drug-likeness (QED) is 0.735. The van der Waals surface area contributed by atoms with Gasteiger partial charge in [-0.25, -0.2) is 13.2 Å². The molecule has 0 spiro atoms. The largest absolute Gasteiger partial charge is 0.497 e. The van der Waals surface area contributed by atoms with Crippen molar-refractivity contribution in [3.63, 3.8) is 0 Å². The smallest absolute Gasteiger partial charge is 0.234 e. The molecule has 1 atom stereocenters. The zero-order chi connectivity index (χ0) is 18.8. The van der Waals surface area contributed by atoms with E-state index in [4.69, 9.17) is 9.47 Å². The second-order valence-electron chi connectivity index (χ2n) is 5.70. The Balaban J connectivity index is 1.92. The van der Waals surface area contributed by atoms with E-state index < -0.39 is 17.5 Å². The number of ether oxygens (including phenoxy) is 2. The third-order valence-corrected chi connectivity index (χ3v) is 5.28. The highest BCUT2D eigenvalue weighted by molar-refractivity contribution is 8.00. The average molecular weight is 383 g/mol. The van der Waals surface area contributed by atoms with E-state index >= 15 is 0 Å². The molecule has 3 rings (SSSR count). The standard InChI is InChI=1S/C18H16F3NO3S/c1-24-12-5-11(6-13(7-12)25-2)18-22(16(23)9-26-18)8-10-3-14(19)17(21)15(20)4-10/h3-7,18H,8-9H2,1-2H3. The molecular weight excluding hydrogens is 367 g/mol. The fourth-order valence-corrected chi connectivity index (χ4v) is 3.94. The first kappa shape index (κ1) is 18.4. The van der Waals surface area contributed by atoms with E-state index in [1.54, 1.807) is 18.2 Å². The zero-order valence-corrected chi connectivity index (χ0v) is 14.9.